The summed E-state index contributed by atoms with van der Waals surface area (Å²) in [5, 5.41) is 2.74. The lowest BCUT2D eigenvalue weighted by atomic mass is 9.99. The van der Waals surface area contributed by atoms with Crippen LogP contribution in [0.25, 0.3) is 0 Å². The van der Waals surface area contributed by atoms with Gasteiger partial charge in [-0.05, 0) is 12.3 Å². The standard InChI is InChI=1S/C13H23N3O3/c1-3-9(2)12(14)13(19)15-7-4-8-16-10(17)5-6-11(16)18/h9,12H,3-8,14H2,1-2H3,(H,15,19). The van der Waals surface area contributed by atoms with Crippen LogP contribution in [0.3, 0.4) is 0 Å². The largest absolute Gasteiger partial charge is 0.355 e. The molecule has 6 nitrogen and oxygen atoms in total. The van der Waals surface area contributed by atoms with Gasteiger partial charge in [0.05, 0.1) is 6.04 Å². The first-order valence-corrected chi connectivity index (χ1v) is 6.83. The number of nitrogens with zero attached hydrogens (tertiary/aromatic N) is 1. The summed E-state index contributed by atoms with van der Waals surface area (Å²) in [6.45, 7) is 4.73. The van der Waals surface area contributed by atoms with Crippen molar-refractivity contribution in [3.63, 3.8) is 0 Å². The van der Waals surface area contributed by atoms with Crippen LogP contribution < -0.4 is 11.1 Å². The Kier molecular flexibility index (Phi) is 5.95. The van der Waals surface area contributed by atoms with Crippen LogP contribution in [0.1, 0.15) is 39.5 Å². The van der Waals surface area contributed by atoms with Gasteiger partial charge in [0.25, 0.3) is 0 Å². The van der Waals surface area contributed by atoms with Gasteiger partial charge in [0.15, 0.2) is 0 Å². The van der Waals surface area contributed by atoms with Crippen molar-refractivity contribution in [1.29, 1.82) is 0 Å². The molecular weight excluding hydrogens is 246 g/mol. The molecule has 0 saturated carbocycles. The topological polar surface area (TPSA) is 92.5 Å². The highest BCUT2D eigenvalue weighted by molar-refractivity contribution is 6.01. The maximum Gasteiger partial charge on any atom is 0.237 e. The Morgan fingerprint density at radius 1 is 1.37 bits per heavy atom. The molecule has 19 heavy (non-hydrogen) atoms. The fraction of sp³-hybridized carbons (Fsp3) is 0.769. The minimum atomic E-state index is -0.500. The Labute approximate surface area is 113 Å². The van der Waals surface area contributed by atoms with E-state index in [9.17, 15) is 14.4 Å². The summed E-state index contributed by atoms with van der Waals surface area (Å²) in [4.78, 5) is 35.6. The molecular formula is C13H23N3O3. The zero-order valence-corrected chi connectivity index (χ0v) is 11.6. The summed E-state index contributed by atoms with van der Waals surface area (Å²) >= 11 is 0. The van der Waals surface area contributed by atoms with E-state index in [1.54, 1.807) is 0 Å². The monoisotopic (exact) mass is 269 g/mol. The Hall–Kier alpha value is -1.43. The average molecular weight is 269 g/mol. The van der Waals surface area contributed by atoms with Crippen molar-refractivity contribution in [3.8, 4) is 0 Å². The van der Waals surface area contributed by atoms with E-state index in [2.05, 4.69) is 5.32 Å². The molecule has 1 aliphatic rings. The predicted molar refractivity (Wildman–Crippen MR) is 71.0 cm³/mol. The number of hydrogen-bond donors (Lipinski definition) is 2. The first-order valence-electron chi connectivity index (χ1n) is 6.83. The van der Waals surface area contributed by atoms with Gasteiger partial charge in [0.1, 0.15) is 0 Å². The highest BCUT2D eigenvalue weighted by atomic mass is 16.2. The highest BCUT2D eigenvalue weighted by Crippen LogP contribution is 2.11. The zero-order chi connectivity index (χ0) is 14.4. The minimum absolute atomic E-state index is 0.118. The van der Waals surface area contributed by atoms with Gasteiger partial charge in [-0.3, -0.25) is 19.3 Å². The average Bonchev–Trinajstić information content (AvgIpc) is 2.72. The van der Waals surface area contributed by atoms with Gasteiger partial charge in [-0.25, -0.2) is 0 Å². The zero-order valence-electron chi connectivity index (χ0n) is 11.6. The van der Waals surface area contributed by atoms with Crippen LogP contribution in [0.2, 0.25) is 0 Å². The third-order valence-corrected chi connectivity index (χ3v) is 3.57. The van der Waals surface area contributed by atoms with Crippen molar-refractivity contribution in [2.45, 2.75) is 45.6 Å². The molecule has 3 N–H and O–H groups in total. The molecule has 6 heteroatoms. The lowest BCUT2D eigenvalue weighted by Gasteiger charge is -2.18. The minimum Gasteiger partial charge on any atom is -0.355 e. The molecule has 3 amide bonds. The van der Waals surface area contributed by atoms with Gasteiger partial charge >= 0.3 is 0 Å². The third kappa shape index (κ3) is 4.31. The molecule has 108 valence electrons. The van der Waals surface area contributed by atoms with Gasteiger partial charge in [-0.15, -0.1) is 0 Å². The smallest absolute Gasteiger partial charge is 0.237 e. The molecule has 0 aromatic carbocycles. The maximum atomic E-state index is 11.7. The SMILES string of the molecule is CCC(C)C(N)C(=O)NCCCN1C(=O)CCC1=O. The van der Waals surface area contributed by atoms with Gasteiger partial charge < -0.3 is 11.1 Å². The summed E-state index contributed by atoms with van der Waals surface area (Å²) < 4.78 is 0. The molecule has 0 spiro atoms. The number of hydrogen-bond acceptors (Lipinski definition) is 4. The first-order chi connectivity index (χ1) is 8.97. The van der Waals surface area contributed by atoms with E-state index >= 15 is 0 Å². The maximum absolute atomic E-state index is 11.7. The molecule has 1 saturated heterocycles. The molecule has 0 bridgehead atoms. The third-order valence-electron chi connectivity index (χ3n) is 3.57. The van der Waals surface area contributed by atoms with E-state index in [0.717, 1.165) is 6.42 Å². The first kappa shape index (κ1) is 15.6. The number of rotatable bonds is 7. The van der Waals surface area contributed by atoms with Gasteiger partial charge in [0.2, 0.25) is 17.7 Å². The van der Waals surface area contributed by atoms with E-state index < -0.39 is 6.04 Å². The molecule has 1 aliphatic heterocycles. The summed E-state index contributed by atoms with van der Waals surface area (Å²) in [5.74, 6) is -0.268. The van der Waals surface area contributed by atoms with E-state index in [1.165, 1.54) is 4.90 Å². The van der Waals surface area contributed by atoms with Crippen LogP contribution >= 0.6 is 0 Å². The molecule has 0 radical (unpaired) electrons. The number of nitrogens with two attached hydrogens (primary N) is 1. The van der Waals surface area contributed by atoms with E-state index in [-0.39, 0.29) is 23.6 Å². The number of nitrogens with one attached hydrogen (secondary N) is 1. The molecule has 2 unspecified atom stereocenters. The fourth-order valence-electron chi connectivity index (χ4n) is 1.95. The van der Waals surface area contributed by atoms with Crippen molar-refractivity contribution >= 4 is 17.7 Å². The van der Waals surface area contributed by atoms with Crippen LogP contribution in [0.5, 0.6) is 0 Å². The Morgan fingerprint density at radius 3 is 2.47 bits per heavy atom. The van der Waals surface area contributed by atoms with Crippen molar-refractivity contribution < 1.29 is 14.4 Å². The molecule has 0 aromatic heterocycles. The van der Waals surface area contributed by atoms with Crippen LogP contribution in [-0.2, 0) is 14.4 Å². The van der Waals surface area contributed by atoms with E-state index in [4.69, 9.17) is 5.73 Å². The lowest BCUT2D eigenvalue weighted by molar-refractivity contribution is -0.138. The second-order valence-electron chi connectivity index (χ2n) is 5.00. The summed E-state index contributed by atoms with van der Waals surface area (Å²) in [6, 6.07) is -0.500. The van der Waals surface area contributed by atoms with Crippen LogP contribution in [-0.4, -0.2) is 41.8 Å². The van der Waals surface area contributed by atoms with Crippen molar-refractivity contribution in [1.82, 2.24) is 10.2 Å². The lowest BCUT2D eigenvalue weighted by Crippen LogP contribution is -2.45. The van der Waals surface area contributed by atoms with Crippen molar-refractivity contribution in [3.05, 3.63) is 0 Å². The number of carbonyl (C=O) groups is 3. The van der Waals surface area contributed by atoms with E-state index in [1.807, 2.05) is 13.8 Å². The quantitative estimate of drug-likeness (QED) is 0.503. The number of carbonyl (C=O) groups excluding carboxylic acids is 3. The number of amides is 3. The van der Waals surface area contributed by atoms with Crippen LogP contribution in [0, 0.1) is 5.92 Å². The molecule has 0 aliphatic carbocycles. The fourth-order valence-corrected chi connectivity index (χ4v) is 1.95. The number of likely N-dealkylation sites (tertiary alicyclic amines) is 1. The highest BCUT2D eigenvalue weighted by Gasteiger charge is 2.28. The summed E-state index contributed by atoms with van der Waals surface area (Å²) in [6.07, 6.45) is 2.04. The van der Waals surface area contributed by atoms with Gasteiger partial charge in [0, 0.05) is 25.9 Å². The van der Waals surface area contributed by atoms with Crippen molar-refractivity contribution in [2.24, 2.45) is 11.7 Å². The normalized spacial score (nSPS) is 18.6. The van der Waals surface area contributed by atoms with E-state index in [0.29, 0.717) is 32.4 Å². The molecule has 1 fully saturated rings. The summed E-state index contributed by atoms with van der Waals surface area (Å²) in [7, 11) is 0. The number of imide groups is 1. The van der Waals surface area contributed by atoms with Gasteiger partial charge in [-0.2, -0.15) is 0 Å². The molecule has 0 aromatic rings. The molecule has 2 atom stereocenters. The Balaban J connectivity index is 2.22. The van der Waals surface area contributed by atoms with Crippen LogP contribution in [0.4, 0.5) is 0 Å². The van der Waals surface area contributed by atoms with Crippen LogP contribution in [0.15, 0.2) is 0 Å². The Bertz CT molecular complexity index is 341. The second kappa shape index (κ2) is 7.23. The predicted octanol–water partition coefficient (Wildman–Crippen LogP) is 0.0151. The second-order valence-corrected chi connectivity index (χ2v) is 5.00. The van der Waals surface area contributed by atoms with Crippen molar-refractivity contribution in [2.75, 3.05) is 13.1 Å². The van der Waals surface area contributed by atoms with Gasteiger partial charge in [-0.1, -0.05) is 20.3 Å². The Morgan fingerprint density at radius 2 is 1.95 bits per heavy atom. The molecule has 1 heterocycles. The summed E-state index contributed by atoms with van der Waals surface area (Å²) in [5.41, 5.74) is 5.79. The molecule has 1 rings (SSSR count).